The predicted molar refractivity (Wildman–Crippen MR) is 236 cm³/mol. The van der Waals surface area contributed by atoms with Gasteiger partial charge in [0.05, 0.1) is 16.7 Å². The van der Waals surface area contributed by atoms with Crippen molar-refractivity contribution < 1.29 is 4.42 Å². The third-order valence-electron chi connectivity index (χ3n) is 11.3. The normalized spacial score (nSPS) is 11.8. The second kappa shape index (κ2) is 12.8. The Morgan fingerprint density at radius 2 is 1.03 bits per heavy atom. The maximum Gasteiger partial charge on any atom is 0.227 e. The van der Waals surface area contributed by atoms with E-state index in [0.717, 1.165) is 65.7 Å². The van der Waals surface area contributed by atoms with Crippen molar-refractivity contribution in [2.45, 2.75) is 0 Å². The maximum atomic E-state index is 6.18. The molecule has 0 bridgehead atoms. The van der Waals surface area contributed by atoms with E-state index < -0.39 is 0 Å². The van der Waals surface area contributed by atoms with E-state index in [1.807, 2.05) is 36.4 Å². The van der Waals surface area contributed by atoms with Gasteiger partial charge in [-0.15, -0.1) is 0 Å². The number of pyridine rings is 1. The number of para-hydroxylation sites is 2. The van der Waals surface area contributed by atoms with Crippen molar-refractivity contribution in [3.8, 4) is 51.1 Å². The van der Waals surface area contributed by atoms with E-state index in [9.17, 15) is 0 Å². The fourth-order valence-electron chi connectivity index (χ4n) is 8.54. The predicted octanol–water partition coefficient (Wildman–Crippen LogP) is 13.2. The van der Waals surface area contributed by atoms with Crippen LogP contribution in [0.1, 0.15) is 0 Å². The second-order valence-electron chi connectivity index (χ2n) is 14.6. The molecule has 0 saturated heterocycles. The number of benzene rings is 8. The molecule has 270 valence electrons. The number of furan rings is 1. The van der Waals surface area contributed by atoms with Gasteiger partial charge in [0.15, 0.2) is 17.5 Å². The van der Waals surface area contributed by atoms with Crippen molar-refractivity contribution in [1.29, 1.82) is 0 Å². The summed E-state index contributed by atoms with van der Waals surface area (Å²) in [6, 6.07) is 65.6. The average Bonchev–Trinajstić information content (AvgIpc) is 3.84. The highest BCUT2D eigenvalue weighted by Gasteiger charge is 2.19. The van der Waals surface area contributed by atoms with Crippen molar-refractivity contribution in [2.24, 2.45) is 0 Å². The highest BCUT2D eigenvalue weighted by molar-refractivity contribution is 6.16. The topological polar surface area (TPSA) is 69.6 Å². The molecule has 0 unspecified atom stereocenters. The summed E-state index contributed by atoms with van der Waals surface area (Å²) in [6.07, 6.45) is 0. The van der Waals surface area contributed by atoms with Gasteiger partial charge < -0.3 is 8.98 Å². The van der Waals surface area contributed by atoms with Gasteiger partial charge in [-0.25, -0.2) is 19.9 Å². The molecule has 8 aromatic carbocycles. The van der Waals surface area contributed by atoms with Gasteiger partial charge in [-0.1, -0.05) is 140 Å². The summed E-state index contributed by atoms with van der Waals surface area (Å²) in [5.74, 6) is 1.62. The second-order valence-corrected chi connectivity index (χ2v) is 14.6. The third-order valence-corrected chi connectivity index (χ3v) is 11.3. The molecule has 4 aromatic heterocycles. The Labute approximate surface area is 332 Å². The minimum absolute atomic E-state index is 0.476. The number of hydrogen-bond donors (Lipinski definition) is 0. The number of hydrogen-bond acceptors (Lipinski definition) is 5. The van der Waals surface area contributed by atoms with Crippen molar-refractivity contribution >= 4 is 65.4 Å². The zero-order valence-corrected chi connectivity index (χ0v) is 31.0. The molecule has 0 radical (unpaired) electrons. The molecule has 12 rings (SSSR count). The Kier molecular flexibility index (Phi) is 7.13. The fourth-order valence-corrected chi connectivity index (χ4v) is 8.54. The van der Waals surface area contributed by atoms with Gasteiger partial charge in [0.25, 0.3) is 0 Å². The van der Waals surface area contributed by atoms with Gasteiger partial charge in [0, 0.05) is 38.1 Å². The summed E-state index contributed by atoms with van der Waals surface area (Å²) in [7, 11) is 0. The largest absolute Gasteiger partial charge is 0.438 e. The van der Waals surface area contributed by atoms with Crippen molar-refractivity contribution in [3.63, 3.8) is 0 Å². The monoisotopic (exact) mass is 741 g/mol. The van der Waals surface area contributed by atoms with Crippen LogP contribution in [-0.2, 0) is 0 Å². The molecule has 4 heterocycles. The summed E-state index contributed by atoms with van der Waals surface area (Å²) >= 11 is 0. The smallest absolute Gasteiger partial charge is 0.227 e. The van der Waals surface area contributed by atoms with E-state index in [1.54, 1.807) is 0 Å². The maximum absolute atomic E-state index is 6.18. The minimum Gasteiger partial charge on any atom is -0.438 e. The van der Waals surface area contributed by atoms with Crippen LogP contribution in [0.3, 0.4) is 0 Å². The highest BCUT2D eigenvalue weighted by Crippen LogP contribution is 2.40. The number of aromatic nitrogens is 5. The van der Waals surface area contributed by atoms with Gasteiger partial charge in [-0.05, 0) is 75.8 Å². The lowest BCUT2D eigenvalue weighted by molar-refractivity contribution is 0.654. The van der Waals surface area contributed by atoms with Gasteiger partial charge >= 0.3 is 0 Å². The molecular formula is C52H31N5O. The first-order chi connectivity index (χ1) is 28.7. The Morgan fingerprint density at radius 1 is 0.379 bits per heavy atom. The molecule has 0 aliphatic rings. The molecule has 0 N–H and O–H groups in total. The number of rotatable bonds is 5. The van der Waals surface area contributed by atoms with Crippen molar-refractivity contribution in [2.75, 3.05) is 0 Å². The third kappa shape index (κ3) is 5.12. The summed E-state index contributed by atoms with van der Waals surface area (Å²) in [6.45, 7) is 0. The lowest BCUT2D eigenvalue weighted by atomic mass is 9.99. The lowest BCUT2D eigenvalue weighted by Crippen LogP contribution is -2.01. The SMILES string of the molecule is c1ccc(-c2cccc3c2c2ccccc2n3-c2cccc3cc(-c4nc(-c5ccc6ccccc6c5)nc(-c5ccc6c(n5)oc5ccccc56)n4)ccc23)cc1. The van der Waals surface area contributed by atoms with Crippen LogP contribution in [0.4, 0.5) is 0 Å². The van der Waals surface area contributed by atoms with Crippen LogP contribution in [0.25, 0.3) is 117 Å². The fraction of sp³-hybridized carbons (Fsp3) is 0. The van der Waals surface area contributed by atoms with Crippen LogP contribution in [-0.4, -0.2) is 24.5 Å². The van der Waals surface area contributed by atoms with Crippen LogP contribution < -0.4 is 0 Å². The van der Waals surface area contributed by atoms with Gasteiger partial charge in [0.1, 0.15) is 11.3 Å². The van der Waals surface area contributed by atoms with Gasteiger partial charge in [-0.2, -0.15) is 0 Å². The van der Waals surface area contributed by atoms with E-state index in [2.05, 4.69) is 156 Å². The molecule has 0 amide bonds. The summed E-state index contributed by atoms with van der Waals surface area (Å²) in [5, 5.41) is 8.92. The summed E-state index contributed by atoms with van der Waals surface area (Å²) < 4.78 is 8.58. The first-order valence-corrected chi connectivity index (χ1v) is 19.4. The van der Waals surface area contributed by atoms with Crippen molar-refractivity contribution in [3.05, 3.63) is 188 Å². The van der Waals surface area contributed by atoms with E-state index in [-0.39, 0.29) is 0 Å². The molecule has 0 atom stereocenters. The first kappa shape index (κ1) is 32.3. The van der Waals surface area contributed by atoms with Crippen LogP contribution in [0.2, 0.25) is 0 Å². The van der Waals surface area contributed by atoms with Gasteiger partial charge in [-0.3, -0.25) is 0 Å². The van der Waals surface area contributed by atoms with Gasteiger partial charge in [0.2, 0.25) is 5.71 Å². The molecule has 0 saturated carbocycles. The summed E-state index contributed by atoms with van der Waals surface area (Å²) in [4.78, 5) is 20.2. The standard InChI is InChI=1S/C52H31N5O/c1-2-13-33(14-3-1)39-19-11-22-46-48(39)42-18-6-8-20-45(42)57(46)44-21-10-16-35-31-37(26-27-38(35)44)50-54-49(36-25-24-32-12-4-5-15-34(32)30-36)55-51(56-50)43-29-28-41-40-17-7-9-23-47(40)58-52(41)53-43/h1-31H. The molecule has 0 aliphatic heterocycles. The quantitative estimate of drug-likeness (QED) is 0.176. The molecule has 6 heteroatoms. The van der Waals surface area contributed by atoms with Crippen LogP contribution in [0.15, 0.2) is 192 Å². The van der Waals surface area contributed by atoms with E-state index >= 15 is 0 Å². The molecule has 58 heavy (non-hydrogen) atoms. The van der Waals surface area contributed by atoms with E-state index in [0.29, 0.717) is 28.9 Å². The summed E-state index contributed by atoms with van der Waals surface area (Å²) in [5.41, 5.74) is 9.59. The number of fused-ring (bicyclic) bond motifs is 8. The zero-order chi connectivity index (χ0) is 38.2. The Bertz CT molecular complexity index is 3590. The Hall–Kier alpha value is -7.96. The molecule has 6 nitrogen and oxygen atoms in total. The van der Waals surface area contributed by atoms with E-state index in [4.69, 9.17) is 24.4 Å². The molecule has 12 aromatic rings. The molecular weight excluding hydrogens is 711 g/mol. The Balaban J connectivity index is 1.04. The number of nitrogens with zero attached hydrogens (tertiary/aromatic N) is 5. The molecule has 0 fully saturated rings. The van der Waals surface area contributed by atoms with Crippen molar-refractivity contribution in [1.82, 2.24) is 24.5 Å². The first-order valence-electron chi connectivity index (χ1n) is 19.4. The Morgan fingerprint density at radius 3 is 1.91 bits per heavy atom. The van der Waals surface area contributed by atoms with Crippen LogP contribution in [0.5, 0.6) is 0 Å². The molecule has 0 aliphatic carbocycles. The highest BCUT2D eigenvalue weighted by atomic mass is 16.3. The van der Waals surface area contributed by atoms with Crippen LogP contribution in [0, 0.1) is 0 Å². The minimum atomic E-state index is 0.476. The average molecular weight is 742 g/mol. The van der Waals surface area contributed by atoms with E-state index in [1.165, 1.54) is 21.9 Å². The zero-order valence-electron chi connectivity index (χ0n) is 31.0. The molecule has 0 spiro atoms. The van der Waals surface area contributed by atoms with Crippen LogP contribution >= 0.6 is 0 Å². The lowest BCUT2D eigenvalue weighted by Gasteiger charge is -2.13.